The van der Waals surface area contributed by atoms with Crippen molar-refractivity contribution in [2.24, 2.45) is 0 Å². The molecule has 0 aliphatic heterocycles. The number of aliphatic hydroxyl groups is 1. The number of para-hydroxylation sites is 2. The zero-order valence-electron chi connectivity index (χ0n) is 15.9. The molecule has 5 nitrogen and oxygen atoms in total. The summed E-state index contributed by atoms with van der Waals surface area (Å²) in [6.45, 7) is 1.55. The average molecular weight is 394 g/mol. The van der Waals surface area contributed by atoms with Crippen molar-refractivity contribution in [1.29, 1.82) is 0 Å². The van der Waals surface area contributed by atoms with Gasteiger partial charge in [0.05, 0.1) is 5.52 Å². The molecule has 1 heterocycles. The first-order valence-corrected chi connectivity index (χ1v) is 9.60. The largest absolute Gasteiger partial charge is 0.492 e. The van der Waals surface area contributed by atoms with Gasteiger partial charge < -0.3 is 24.9 Å². The fourth-order valence-corrected chi connectivity index (χ4v) is 3.25. The fourth-order valence-electron chi connectivity index (χ4n) is 3.25. The molecule has 150 valence electrons. The van der Waals surface area contributed by atoms with E-state index in [4.69, 9.17) is 9.47 Å². The summed E-state index contributed by atoms with van der Waals surface area (Å²) >= 11 is 0. The van der Waals surface area contributed by atoms with Crippen LogP contribution in [-0.4, -0.2) is 42.5 Å². The lowest BCUT2D eigenvalue weighted by atomic mass is 10.1. The number of ether oxygens (including phenoxy) is 2. The molecule has 0 aliphatic rings. The Morgan fingerprint density at radius 1 is 0.931 bits per heavy atom. The van der Waals surface area contributed by atoms with Gasteiger partial charge in [-0.15, -0.1) is 0 Å². The maximum Gasteiger partial charge on any atom is 0.143 e. The van der Waals surface area contributed by atoms with Crippen LogP contribution in [0, 0.1) is 5.82 Å². The number of aliphatic hydroxyl groups excluding tert-OH is 1. The molecule has 0 amide bonds. The Hall–Kier alpha value is -3.09. The molecule has 3 N–H and O–H groups in total. The maximum absolute atomic E-state index is 12.8. The third-order valence-corrected chi connectivity index (χ3v) is 4.68. The van der Waals surface area contributed by atoms with Crippen molar-refractivity contribution < 1.29 is 19.0 Å². The van der Waals surface area contributed by atoms with Crippen molar-refractivity contribution in [3.63, 3.8) is 0 Å². The third-order valence-electron chi connectivity index (χ3n) is 4.68. The van der Waals surface area contributed by atoms with Crippen LogP contribution in [0.2, 0.25) is 0 Å². The van der Waals surface area contributed by atoms with Crippen LogP contribution in [0.1, 0.15) is 0 Å². The van der Waals surface area contributed by atoms with Crippen LogP contribution in [0.3, 0.4) is 0 Å². The number of aromatic amines is 1. The average Bonchev–Trinajstić information content (AvgIpc) is 3.13. The van der Waals surface area contributed by atoms with E-state index >= 15 is 0 Å². The summed E-state index contributed by atoms with van der Waals surface area (Å²) in [5, 5.41) is 15.6. The molecule has 1 atom stereocenters. The summed E-state index contributed by atoms with van der Waals surface area (Å²) in [7, 11) is 0. The molecule has 3 aromatic carbocycles. The van der Waals surface area contributed by atoms with Gasteiger partial charge in [-0.25, -0.2) is 4.39 Å². The molecule has 0 spiro atoms. The lowest BCUT2D eigenvalue weighted by molar-refractivity contribution is 0.106. The highest BCUT2D eigenvalue weighted by atomic mass is 19.1. The lowest BCUT2D eigenvalue weighted by Gasteiger charge is -2.14. The van der Waals surface area contributed by atoms with Crippen LogP contribution in [0.4, 0.5) is 4.39 Å². The van der Waals surface area contributed by atoms with Gasteiger partial charge in [0.2, 0.25) is 0 Å². The Kier molecular flexibility index (Phi) is 5.93. The van der Waals surface area contributed by atoms with Gasteiger partial charge in [0, 0.05) is 29.4 Å². The van der Waals surface area contributed by atoms with Gasteiger partial charge in [-0.2, -0.15) is 0 Å². The number of fused-ring (bicyclic) bond motifs is 3. The van der Waals surface area contributed by atoms with E-state index in [0.29, 0.717) is 25.4 Å². The van der Waals surface area contributed by atoms with Crippen LogP contribution in [0.15, 0.2) is 66.7 Å². The molecule has 1 aromatic heterocycles. The minimum Gasteiger partial charge on any atom is -0.492 e. The normalized spacial score (nSPS) is 12.3. The highest BCUT2D eigenvalue weighted by Crippen LogP contribution is 2.31. The van der Waals surface area contributed by atoms with Crippen LogP contribution in [0.5, 0.6) is 11.5 Å². The SMILES string of the molecule is OC(CNCCOc1ccc(F)cc1)COc1cccc2c1[nH]c1ccccc12. The summed E-state index contributed by atoms with van der Waals surface area (Å²) in [4.78, 5) is 3.39. The van der Waals surface area contributed by atoms with E-state index in [-0.39, 0.29) is 12.4 Å². The molecule has 0 radical (unpaired) electrons. The van der Waals surface area contributed by atoms with E-state index in [0.717, 1.165) is 27.6 Å². The topological polar surface area (TPSA) is 66.5 Å². The van der Waals surface area contributed by atoms with Gasteiger partial charge in [-0.05, 0) is 36.4 Å². The van der Waals surface area contributed by atoms with E-state index < -0.39 is 6.10 Å². The summed E-state index contributed by atoms with van der Waals surface area (Å²) in [5.74, 6) is 1.04. The second kappa shape index (κ2) is 8.94. The first-order chi connectivity index (χ1) is 14.2. The van der Waals surface area contributed by atoms with Gasteiger partial charge in [-0.3, -0.25) is 0 Å². The molecule has 6 heteroatoms. The predicted molar refractivity (Wildman–Crippen MR) is 112 cm³/mol. The minimum atomic E-state index is -0.652. The Bertz CT molecular complexity index is 1080. The summed E-state index contributed by atoms with van der Waals surface area (Å²) in [5.41, 5.74) is 1.99. The van der Waals surface area contributed by atoms with Crippen molar-refractivity contribution in [2.75, 3.05) is 26.3 Å². The van der Waals surface area contributed by atoms with Crippen LogP contribution >= 0.6 is 0 Å². The standard InChI is InChI=1S/C23H23FN2O3/c24-16-8-10-18(11-9-16)28-13-12-25-14-17(27)15-29-22-7-3-5-20-19-4-1-2-6-21(19)26-23(20)22/h1-11,17,25-27H,12-15H2. The molecular weight excluding hydrogens is 371 g/mol. The Morgan fingerprint density at radius 3 is 2.59 bits per heavy atom. The molecular formula is C23H23FN2O3. The van der Waals surface area contributed by atoms with Crippen molar-refractivity contribution in [3.05, 3.63) is 72.5 Å². The molecule has 0 fully saturated rings. The van der Waals surface area contributed by atoms with Crippen LogP contribution in [-0.2, 0) is 0 Å². The number of nitrogens with one attached hydrogen (secondary N) is 2. The van der Waals surface area contributed by atoms with Gasteiger partial charge in [0.1, 0.15) is 36.6 Å². The van der Waals surface area contributed by atoms with E-state index in [2.05, 4.69) is 22.4 Å². The van der Waals surface area contributed by atoms with Crippen molar-refractivity contribution in [2.45, 2.75) is 6.10 Å². The lowest BCUT2D eigenvalue weighted by Crippen LogP contribution is -2.33. The van der Waals surface area contributed by atoms with Gasteiger partial charge in [-0.1, -0.05) is 30.3 Å². The zero-order chi connectivity index (χ0) is 20.1. The zero-order valence-corrected chi connectivity index (χ0v) is 15.9. The minimum absolute atomic E-state index is 0.181. The Morgan fingerprint density at radius 2 is 1.72 bits per heavy atom. The van der Waals surface area contributed by atoms with Crippen molar-refractivity contribution in [3.8, 4) is 11.5 Å². The second-order valence-corrected chi connectivity index (χ2v) is 6.82. The molecule has 29 heavy (non-hydrogen) atoms. The molecule has 4 rings (SSSR count). The van der Waals surface area contributed by atoms with Crippen molar-refractivity contribution in [1.82, 2.24) is 10.3 Å². The first kappa shape index (κ1) is 19.2. The summed E-state index contributed by atoms with van der Waals surface area (Å²) in [6.07, 6.45) is -0.652. The highest BCUT2D eigenvalue weighted by molar-refractivity contribution is 6.09. The molecule has 0 aliphatic carbocycles. The molecule has 0 saturated heterocycles. The quantitative estimate of drug-likeness (QED) is 0.377. The number of aromatic nitrogens is 1. The van der Waals surface area contributed by atoms with Gasteiger partial charge >= 0.3 is 0 Å². The molecule has 1 unspecified atom stereocenters. The predicted octanol–water partition coefficient (Wildman–Crippen LogP) is 3.87. The van der Waals surface area contributed by atoms with Gasteiger partial charge in [0.15, 0.2) is 0 Å². The molecule has 0 bridgehead atoms. The number of H-pyrrole nitrogens is 1. The molecule has 4 aromatic rings. The van der Waals surface area contributed by atoms with E-state index in [1.54, 1.807) is 12.1 Å². The number of benzene rings is 3. The highest BCUT2D eigenvalue weighted by Gasteiger charge is 2.10. The monoisotopic (exact) mass is 394 g/mol. The van der Waals surface area contributed by atoms with Crippen molar-refractivity contribution >= 4 is 21.8 Å². The number of halogens is 1. The number of hydrogen-bond donors (Lipinski definition) is 3. The fraction of sp³-hybridized carbons (Fsp3) is 0.217. The maximum atomic E-state index is 12.8. The number of hydrogen-bond acceptors (Lipinski definition) is 4. The van der Waals surface area contributed by atoms with Crippen LogP contribution < -0.4 is 14.8 Å². The van der Waals surface area contributed by atoms with E-state index in [9.17, 15) is 9.50 Å². The Labute approximate surface area is 168 Å². The smallest absolute Gasteiger partial charge is 0.143 e. The first-order valence-electron chi connectivity index (χ1n) is 9.60. The van der Waals surface area contributed by atoms with Gasteiger partial charge in [0.25, 0.3) is 0 Å². The second-order valence-electron chi connectivity index (χ2n) is 6.82. The van der Waals surface area contributed by atoms with E-state index in [1.807, 2.05) is 30.3 Å². The van der Waals surface area contributed by atoms with E-state index in [1.165, 1.54) is 12.1 Å². The third kappa shape index (κ3) is 4.67. The number of rotatable bonds is 9. The summed E-state index contributed by atoms with van der Waals surface area (Å²) in [6, 6.07) is 19.9. The Balaban J connectivity index is 1.24. The summed E-state index contributed by atoms with van der Waals surface area (Å²) < 4.78 is 24.2. The molecule has 0 saturated carbocycles. The van der Waals surface area contributed by atoms with Crippen LogP contribution in [0.25, 0.3) is 21.8 Å².